The molecule has 6 heteroatoms. The number of carbonyl (C=O) groups excluding carboxylic acids is 1. The van der Waals surface area contributed by atoms with E-state index in [0.29, 0.717) is 19.4 Å². The number of aryl methyl sites for hydroxylation is 2. The van der Waals surface area contributed by atoms with Crippen LogP contribution < -0.4 is 5.32 Å². The Bertz CT molecular complexity index is 566. The van der Waals surface area contributed by atoms with Crippen molar-refractivity contribution >= 4 is 5.91 Å². The number of aliphatic hydroxyl groups excluding tert-OH is 1. The lowest BCUT2D eigenvalue weighted by atomic mass is 10.0. The monoisotopic (exact) mass is 302 g/mol. The first-order chi connectivity index (χ1) is 10.7. The minimum atomic E-state index is -0.357. The summed E-state index contributed by atoms with van der Waals surface area (Å²) in [5.41, 5.74) is 2.16. The van der Waals surface area contributed by atoms with Gasteiger partial charge in [-0.15, -0.1) is 0 Å². The van der Waals surface area contributed by atoms with Crippen LogP contribution in [0.2, 0.25) is 0 Å². The maximum absolute atomic E-state index is 12.0. The highest BCUT2D eigenvalue weighted by molar-refractivity contribution is 5.76. The van der Waals surface area contributed by atoms with Gasteiger partial charge in [0.05, 0.1) is 12.6 Å². The Labute approximate surface area is 130 Å². The second-order valence-corrected chi connectivity index (χ2v) is 5.16. The average Bonchev–Trinajstić information content (AvgIpc) is 3.06. The third-order valence-electron chi connectivity index (χ3n) is 3.57. The summed E-state index contributed by atoms with van der Waals surface area (Å²) in [7, 11) is 0. The zero-order chi connectivity index (χ0) is 15.8. The Morgan fingerprint density at radius 1 is 1.36 bits per heavy atom. The molecule has 1 atom stereocenters. The molecule has 1 unspecified atom stereocenters. The van der Waals surface area contributed by atoms with Gasteiger partial charge < -0.3 is 10.4 Å². The SMILES string of the molecule is CCc1ccc(C(CO)NC(=O)CCCn2cncn2)cc1. The summed E-state index contributed by atoms with van der Waals surface area (Å²) in [6.07, 6.45) is 5.15. The highest BCUT2D eigenvalue weighted by Gasteiger charge is 2.13. The molecule has 0 spiro atoms. The number of aromatic nitrogens is 3. The highest BCUT2D eigenvalue weighted by Crippen LogP contribution is 2.14. The molecule has 22 heavy (non-hydrogen) atoms. The van der Waals surface area contributed by atoms with Gasteiger partial charge in [0.2, 0.25) is 5.91 Å². The Morgan fingerprint density at radius 3 is 2.73 bits per heavy atom. The van der Waals surface area contributed by atoms with Gasteiger partial charge in [-0.25, -0.2) is 4.98 Å². The molecule has 2 rings (SSSR count). The summed E-state index contributed by atoms with van der Waals surface area (Å²) in [5.74, 6) is -0.0706. The largest absolute Gasteiger partial charge is 0.394 e. The molecule has 118 valence electrons. The Morgan fingerprint density at radius 2 is 2.14 bits per heavy atom. The van der Waals surface area contributed by atoms with Crippen LogP contribution in [0.15, 0.2) is 36.9 Å². The van der Waals surface area contributed by atoms with Crippen LogP contribution in [0.25, 0.3) is 0 Å². The molecule has 0 aliphatic heterocycles. The van der Waals surface area contributed by atoms with Crippen molar-refractivity contribution in [2.45, 2.75) is 38.8 Å². The van der Waals surface area contributed by atoms with Gasteiger partial charge in [-0.05, 0) is 24.0 Å². The van der Waals surface area contributed by atoms with Crippen LogP contribution in [0, 0.1) is 0 Å². The van der Waals surface area contributed by atoms with E-state index in [9.17, 15) is 9.90 Å². The molecule has 1 aromatic heterocycles. The van der Waals surface area contributed by atoms with Gasteiger partial charge in [0.1, 0.15) is 12.7 Å². The number of hydrogen-bond acceptors (Lipinski definition) is 4. The van der Waals surface area contributed by atoms with Crippen LogP contribution in [-0.2, 0) is 17.8 Å². The van der Waals surface area contributed by atoms with Crippen LogP contribution in [0.1, 0.15) is 36.9 Å². The van der Waals surface area contributed by atoms with Gasteiger partial charge in [-0.1, -0.05) is 31.2 Å². The first-order valence-electron chi connectivity index (χ1n) is 7.54. The number of nitrogens with one attached hydrogen (secondary N) is 1. The molecule has 0 aliphatic rings. The lowest BCUT2D eigenvalue weighted by molar-refractivity contribution is -0.122. The van der Waals surface area contributed by atoms with E-state index < -0.39 is 0 Å². The molecule has 0 aliphatic carbocycles. The van der Waals surface area contributed by atoms with E-state index >= 15 is 0 Å². The van der Waals surface area contributed by atoms with E-state index in [-0.39, 0.29) is 18.6 Å². The molecule has 0 radical (unpaired) electrons. The molecule has 0 bridgehead atoms. The van der Waals surface area contributed by atoms with Gasteiger partial charge in [0, 0.05) is 13.0 Å². The van der Waals surface area contributed by atoms with Gasteiger partial charge in [0.15, 0.2) is 0 Å². The minimum absolute atomic E-state index is 0.0706. The van der Waals surface area contributed by atoms with Crippen molar-refractivity contribution in [3.8, 4) is 0 Å². The Balaban J connectivity index is 1.81. The fraction of sp³-hybridized carbons (Fsp3) is 0.438. The summed E-state index contributed by atoms with van der Waals surface area (Å²) in [5, 5.41) is 16.3. The second kappa shape index (κ2) is 8.29. The molecular formula is C16H22N4O2. The first-order valence-corrected chi connectivity index (χ1v) is 7.54. The maximum atomic E-state index is 12.0. The topological polar surface area (TPSA) is 80.0 Å². The number of aliphatic hydroxyl groups is 1. The van der Waals surface area contributed by atoms with Gasteiger partial charge in [-0.3, -0.25) is 9.48 Å². The Kier molecular flexibility index (Phi) is 6.09. The second-order valence-electron chi connectivity index (χ2n) is 5.16. The van der Waals surface area contributed by atoms with Crippen molar-refractivity contribution in [3.63, 3.8) is 0 Å². The van der Waals surface area contributed by atoms with Crippen molar-refractivity contribution < 1.29 is 9.90 Å². The molecule has 6 nitrogen and oxygen atoms in total. The smallest absolute Gasteiger partial charge is 0.220 e. The fourth-order valence-corrected chi connectivity index (χ4v) is 2.24. The molecule has 2 aromatic rings. The van der Waals surface area contributed by atoms with Crippen LogP contribution in [0.5, 0.6) is 0 Å². The summed E-state index contributed by atoms with van der Waals surface area (Å²) in [6.45, 7) is 2.64. The lowest BCUT2D eigenvalue weighted by Crippen LogP contribution is -2.30. The quantitative estimate of drug-likeness (QED) is 0.774. The molecule has 0 fully saturated rings. The third-order valence-corrected chi connectivity index (χ3v) is 3.57. The van der Waals surface area contributed by atoms with Gasteiger partial charge in [-0.2, -0.15) is 5.10 Å². The van der Waals surface area contributed by atoms with Crippen molar-refractivity contribution in [1.82, 2.24) is 20.1 Å². The summed E-state index contributed by atoms with van der Waals surface area (Å²) in [4.78, 5) is 15.8. The number of rotatable bonds is 8. The predicted octanol–water partition coefficient (Wildman–Crippen LogP) is 1.47. The van der Waals surface area contributed by atoms with Crippen molar-refractivity contribution in [2.75, 3.05) is 6.61 Å². The van der Waals surface area contributed by atoms with Crippen LogP contribution in [-0.4, -0.2) is 32.4 Å². The van der Waals surface area contributed by atoms with Crippen LogP contribution in [0.3, 0.4) is 0 Å². The fourth-order valence-electron chi connectivity index (χ4n) is 2.24. The van der Waals surface area contributed by atoms with Gasteiger partial charge in [0.25, 0.3) is 0 Å². The Hall–Kier alpha value is -2.21. The van der Waals surface area contributed by atoms with E-state index in [2.05, 4.69) is 22.3 Å². The molecule has 0 saturated carbocycles. The normalized spacial score (nSPS) is 12.1. The van der Waals surface area contributed by atoms with Crippen LogP contribution >= 0.6 is 0 Å². The van der Waals surface area contributed by atoms with E-state index in [4.69, 9.17) is 0 Å². The van der Waals surface area contributed by atoms with Gasteiger partial charge >= 0.3 is 0 Å². The minimum Gasteiger partial charge on any atom is -0.394 e. The van der Waals surface area contributed by atoms with Crippen molar-refractivity contribution in [3.05, 3.63) is 48.0 Å². The average molecular weight is 302 g/mol. The molecular weight excluding hydrogens is 280 g/mol. The molecule has 1 heterocycles. The third kappa shape index (κ3) is 4.66. The van der Waals surface area contributed by atoms with Crippen LogP contribution in [0.4, 0.5) is 0 Å². The predicted molar refractivity (Wildman–Crippen MR) is 83.0 cm³/mol. The first kappa shape index (κ1) is 16.2. The number of carbonyl (C=O) groups is 1. The lowest BCUT2D eigenvalue weighted by Gasteiger charge is -2.17. The summed E-state index contributed by atoms with van der Waals surface area (Å²) >= 11 is 0. The highest BCUT2D eigenvalue weighted by atomic mass is 16.3. The van der Waals surface area contributed by atoms with E-state index in [1.807, 2.05) is 24.3 Å². The number of amides is 1. The molecule has 1 aromatic carbocycles. The maximum Gasteiger partial charge on any atom is 0.220 e. The van der Waals surface area contributed by atoms with E-state index in [0.717, 1.165) is 12.0 Å². The zero-order valence-corrected chi connectivity index (χ0v) is 12.8. The van der Waals surface area contributed by atoms with E-state index in [1.54, 1.807) is 11.0 Å². The van der Waals surface area contributed by atoms with E-state index in [1.165, 1.54) is 11.9 Å². The standard InChI is InChI=1S/C16H22N4O2/c1-2-13-5-7-14(8-6-13)15(10-21)19-16(22)4-3-9-20-12-17-11-18-20/h5-8,11-12,15,21H,2-4,9-10H2,1H3,(H,19,22). The number of hydrogen-bond donors (Lipinski definition) is 2. The summed E-state index contributed by atoms with van der Waals surface area (Å²) in [6, 6.07) is 7.60. The van der Waals surface area contributed by atoms with Crippen molar-refractivity contribution in [2.24, 2.45) is 0 Å². The molecule has 0 saturated heterocycles. The number of benzene rings is 1. The summed E-state index contributed by atoms with van der Waals surface area (Å²) < 4.78 is 1.69. The molecule has 1 amide bonds. The zero-order valence-electron chi connectivity index (χ0n) is 12.8. The number of nitrogens with zero attached hydrogens (tertiary/aromatic N) is 3. The molecule has 2 N–H and O–H groups in total. The van der Waals surface area contributed by atoms with Crippen molar-refractivity contribution in [1.29, 1.82) is 0 Å².